The van der Waals surface area contributed by atoms with Crippen molar-refractivity contribution in [2.75, 3.05) is 0 Å². The summed E-state index contributed by atoms with van der Waals surface area (Å²) in [5, 5.41) is 10.2. The number of hydrogen-bond donors (Lipinski definition) is 1. The van der Waals surface area contributed by atoms with Gasteiger partial charge in [0.1, 0.15) is 5.78 Å². The van der Waals surface area contributed by atoms with Crippen molar-refractivity contribution in [3.63, 3.8) is 0 Å². The Bertz CT molecular complexity index is 278. The van der Waals surface area contributed by atoms with Gasteiger partial charge < -0.3 is 5.11 Å². The lowest BCUT2D eigenvalue weighted by Crippen LogP contribution is -2.44. The molecule has 1 rings (SSSR count). The summed E-state index contributed by atoms with van der Waals surface area (Å²) >= 11 is 0. The molecule has 1 atom stereocenters. The van der Waals surface area contributed by atoms with Gasteiger partial charge in [0.15, 0.2) is 0 Å². The zero-order chi connectivity index (χ0) is 15.3. The molecular weight excluding hydrogens is 250 g/mol. The van der Waals surface area contributed by atoms with Crippen LogP contribution < -0.4 is 0 Å². The average molecular weight is 278 g/mol. The fourth-order valence-corrected chi connectivity index (χ4v) is 2.59. The number of hydrogen-bond acceptors (Lipinski definition) is 2. The summed E-state index contributed by atoms with van der Waals surface area (Å²) in [6, 6.07) is 0. The lowest BCUT2D eigenvalue weighted by Gasteiger charge is -2.38. The topological polar surface area (TPSA) is 37.3 Å². The number of carbonyl (C=O) groups excluding carboxylic acids is 1. The van der Waals surface area contributed by atoms with E-state index in [-0.39, 0.29) is 24.5 Å². The Balaban J connectivity index is 0.00000154. The van der Waals surface area contributed by atoms with Gasteiger partial charge in [-0.25, -0.2) is 8.78 Å². The van der Waals surface area contributed by atoms with Crippen LogP contribution in [0.2, 0.25) is 0 Å². The molecule has 1 N–H and O–H groups in total. The van der Waals surface area contributed by atoms with Gasteiger partial charge in [0, 0.05) is 24.7 Å². The summed E-state index contributed by atoms with van der Waals surface area (Å²) in [6.07, 6.45) is -0.196. The van der Waals surface area contributed by atoms with E-state index in [2.05, 4.69) is 0 Å². The van der Waals surface area contributed by atoms with Crippen LogP contribution in [0.3, 0.4) is 0 Å². The van der Waals surface area contributed by atoms with Crippen LogP contribution in [-0.4, -0.2) is 22.9 Å². The zero-order valence-electron chi connectivity index (χ0n) is 12.8. The molecule has 0 aromatic rings. The number of aliphatic hydroxyl groups is 1. The fourth-order valence-electron chi connectivity index (χ4n) is 2.59. The molecule has 0 heterocycles. The van der Waals surface area contributed by atoms with Crippen molar-refractivity contribution in [1.82, 2.24) is 0 Å². The fraction of sp³-hybridized carbons (Fsp3) is 0.933. The van der Waals surface area contributed by atoms with Gasteiger partial charge in [0.25, 0.3) is 0 Å². The number of ketones is 1. The van der Waals surface area contributed by atoms with Gasteiger partial charge in [-0.15, -0.1) is 0 Å². The van der Waals surface area contributed by atoms with Crippen LogP contribution >= 0.6 is 0 Å². The molecule has 0 aliphatic heterocycles. The van der Waals surface area contributed by atoms with E-state index in [1.165, 1.54) is 0 Å². The van der Waals surface area contributed by atoms with Crippen LogP contribution in [0.4, 0.5) is 8.78 Å². The highest BCUT2D eigenvalue weighted by Crippen LogP contribution is 2.41. The molecule has 1 aliphatic rings. The minimum Gasteiger partial charge on any atom is -0.392 e. The average Bonchev–Trinajstić information content (AvgIpc) is 2.39. The molecule has 0 bridgehead atoms. The minimum absolute atomic E-state index is 0.0117. The highest BCUT2D eigenvalue weighted by Gasteiger charge is 2.43. The van der Waals surface area contributed by atoms with E-state index in [0.717, 1.165) is 0 Å². The van der Waals surface area contributed by atoms with E-state index in [9.17, 15) is 18.7 Å². The molecule has 1 aliphatic carbocycles. The SMILES string of the molecule is CC.CCC(=O)C(C)(C)C(O)C1CCC(F)(F)CC1. The summed E-state index contributed by atoms with van der Waals surface area (Å²) in [6.45, 7) is 9.17. The van der Waals surface area contributed by atoms with Crippen molar-refractivity contribution < 1.29 is 18.7 Å². The molecule has 0 aromatic carbocycles. The van der Waals surface area contributed by atoms with Crippen LogP contribution in [0.25, 0.3) is 0 Å². The third kappa shape index (κ3) is 4.83. The number of rotatable bonds is 4. The molecule has 114 valence electrons. The van der Waals surface area contributed by atoms with Crippen LogP contribution in [0, 0.1) is 11.3 Å². The maximum Gasteiger partial charge on any atom is 0.248 e. The monoisotopic (exact) mass is 278 g/mol. The lowest BCUT2D eigenvalue weighted by molar-refractivity contribution is -0.138. The van der Waals surface area contributed by atoms with Crippen molar-refractivity contribution in [3.8, 4) is 0 Å². The number of Topliss-reactive ketones (excluding diaryl/α,β-unsaturated/α-hetero) is 1. The first kappa shape index (κ1) is 18.5. The van der Waals surface area contributed by atoms with E-state index in [4.69, 9.17) is 0 Å². The summed E-state index contributed by atoms with van der Waals surface area (Å²) in [7, 11) is 0. The molecule has 0 saturated heterocycles. The molecule has 19 heavy (non-hydrogen) atoms. The molecular formula is C15H28F2O2. The standard InChI is InChI=1S/C13H22F2O2.C2H6/c1-4-10(16)12(2,3)11(17)9-5-7-13(14,15)8-6-9;1-2/h9,11,17H,4-8H2,1-3H3;1-2H3. The summed E-state index contributed by atoms with van der Waals surface area (Å²) < 4.78 is 26.0. The normalized spacial score (nSPS) is 21.3. The van der Waals surface area contributed by atoms with Crippen molar-refractivity contribution in [1.29, 1.82) is 0 Å². The minimum atomic E-state index is -2.59. The van der Waals surface area contributed by atoms with Gasteiger partial charge in [-0.1, -0.05) is 34.6 Å². The molecule has 0 amide bonds. The Hall–Kier alpha value is -0.510. The molecule has 1 unspecified atom stereocenters. The zero-order valence-corrected chi connectivity index (χ0v) is 12.8. The van der Waals surface area contributed by atoms with E-state index >= 15 is 0 Å². The number of alkyl halides is 2. The van der Waals surface area contributed by atoms with Gasteiger partial charge >= 0.3 is 0 Å². The first-order valence-corrected chi connectivity index (χ1v) is 7.30. The van der Waals surface area contributed by atoms with E-state index in [1.54, 1.807) is 20.8 Å². The summed E-state index contributed by atoms with van der Waals surface area (Å²) in [5.74, 6) is -2.78. The smallest absolute Gasteiger partial charge is 0.248 e. The predicted octanol–water partition coefficient (Wildman–Crippen LogP) is 4.20. The Labute approximate surface area is 115 Å². The predicted molar refractivity (Wildman–Crippen MR) is 73.3 cm³/mol. The van der Waals surface area contributed by atoms with Gasteiger partial charge in [-0.05, 0) is 18.8 Å². The van der Waals surface area contributed by atoms with Crippen molar-refractivity contribution in [2.24, 2.45) is 11.3 Å². The van der Waals surface area contributed by atoms with E-state index in [1.807, 2.05) is 13.8 Å². The first-order valence-electron chi connectivity index (χ1n) is 7.30. The molecule has 1 saturated carbocycles. The quantitative estimate of drug-likeness (QED) is 0.836. The largest absolute Gasteiger partial charge is 0.392 e. The van der Waals surface area contributed by atoms with Gasteiger partial charge in [-0.3, -0.25) is 4.79 Å². The second-order valence-electron chi connectivity index (χ2n) is 5.64. The first-order chi connectivity index (χ1) is 8.70. The van der Waals surface area contributed by atoms with Gasteiger partial charge in [0.2, 0.25) is 5.92 Å². The van der Waals surface area contributed by atoms with Crippen LogP contribution in [0.5, 0.6) is 0 Å². The Morgan fingerprint density at radius 2 is 1.74 bits per heavy atom. The maximum absolute atomic E-state index is 13.0. The number of aliphatic hydroxyl groups excluding tert-OH is 1. The molecule has 1 fully saturated rings. The second-order valence-corrected chi connectivity index (χ2v) is 5.64. The molecule has 0 radical (unpaired) electrons. The Kier molecular flexibility index (Phi) is 7.12. The molecule has 4 heteroatoms. The van der Waals surface area contributed by atoms with Crippen molar-refractivity contribution in [3.05, 3.63) is 0 Å². The van der Waals surface area contributed by atoms with Crippen molar-refractivity contribution >= 4 is 5.78 Å². The van der Waals surface area contributed by atoms with Crippen LogP contribution in [0.1, 0.15) is 66.7 Å². The molecule has 0 spiro atoms. The molecule has 0 aromatic heterocycles. The Morgan fingerprint density at radius 3 is 2.11 bits per heavy atom. The van der Waals surface area contributed by atoms with E-state index in [0.29, 0.717) is 19.3 Å². The van der Waals surface area contributed by atoms with Crippen LogP contribution in [0.15, 0.2) is 0 Å². The molecule has 2 nitrogen and oxygen atoms in total. The lowest BCUT2D eigenvalue weighted by atomic mass is 9.71. The summed E-state index contributed by atoms with van der Waals surface area (Å²) in [4.78, 5) is 11.7. The third-order valence-corrected chi connectivity index (χ3v) is 3.99. The highest BCUT2D eigenvalue weighted by atomic mass is 19.3. The third-order valence-electron chi connectivity index (χ3n) is 3.99. The second kappa shape index (κ2) is 7.32. The summed E-state index contributed by atoms with van der Waals surface area (Å²) in [5.41, 5.74) is -0.827. The Morgan fingerprint density at radius 1 is 1.32 bits per heavy atom. The van der Waals surface area contributed by atoms with E-state index < -0.39 is 17.4 Å². The van der Waals surface area contributed by atoms with Gasteiger partial charge in [-0.2, -0.15) is 0 Å². The van der Waals surface area contributed by atoms with Crippen molar-refractivity contribution in [2.45, 2.75) is 78.7 Å². The maximum atomic E-state index is 13.0. The highest BCUT2D eigenvalue weighted by molar-refractivity contribution is 5.84. The van der Waals surface area contributed by atoms with Crippen LogP contribution in [-0.2, 0) is 4.79 Å². The number of halogens is 2. The van der Waals surface area contributed by atoms with Gasteiger partial charge in [0.05, 0.1) is 6.10 Å². The number of carbonyl (C=O) groups is 1.